The van der Waals surface area contributed by atoms with Crippen LogP contribution in [-0.4, -0.2) is 30.3 Å². The molecule has 5 nitrogen and oxygen atoms in total. The number of rotatable bonds is 4. The minimum Gasteiger partial charge on any atom is -0.344 e. The minimum atomic E-state index is -0.872. The Morgan fingerprint density at radius 3 is 2.67 bits per heavy atom. The van der Waals surface area contributed by atoms with E-state index in [0.29, 0.717) is 6.61 Å². The van der Waals surface area contributed by atoms with Crippen LogP contribution in [-0.2, 0) is 30.3 Å². The molecule has 0 spiro atoms. The molecule has 1 aromatic carbocycles. The summed E-state index contributed by atoms with van der Waals surface area (Å²) < 4.78 is 23.4. The molecule has 4 rings (SSSR count). The maximum Gasteiger partial charge on any atom is 0.191 e. The molecular weight excluding hydrogens is 272 g/mol. The van der Waals surface area contributed by atoms with Crippen molar-refractivity contribution in [1.82, 2.24) is 0 Å². The number of hydrogen-bond acceptors (Lipinski definition) is 5. The van der Waals surface area contributed by atoms with Crippen LogP contribution in [0.15, 0.2) is 30.3 Å². The first-order valence-electron chi connectivity index (χ1n) is 7.22. The third-order valence-electron chi connectivity index (χ3n) is 4.40. The van der Waals surface area contributed by atoms with E-state index in [1.165, 1.54) is 0 Å². The number of carbonyl (C=O) groups excluding carboxylic acids is 1. The lowest BCUT2D eigenvalue weighted by Gasteiger charge is -2.21. The molecule has 2 saturated heterocycles. The van der Waals surface area contributed by atoms with Gasteiger partial charge in [-0.1, -0.05) is 30.3 Å². The van der Waals surface area contributed by atoms with E-state index >= 15 is 0 Å². The smallest absolute Gasteiger partial charge is 0.191 e. The summed E-state index contributed by atoms with van der Waals surface area (Å²) in [6, 6.07) is 9.83. The van der Waals surface area contributed by atoms with Crippen molar-refractivity contribution in [3.8, 4) is 0 Å². The monoisotopic (exact) mass is 290 g/mol. The lowest BCUT2D eigenvalue weighted by atomic mass is 10.2. The van der Waals surface area contributed by atoms with Gasteiger partial charge in [-0.3, -0.25) is 0 Å². The average molecular weight is 290 g/mol. The molecule has 1 aromatic rings. The van der Waals surface area contributed by atoms with Crippen molar-refractivity contribution in [3.05, 3.63) is 35.9 Å². The fourth-order valence-corrected chi connectivity index (χ4v) is 3.43. The third kappa shape index (κ3) is 1.96. The predicted molar refractivity (Wildman–Crippen MR) is 71.9 cm³/mol. The molecule has 1 saturated carbocycles. The number of ether oxygens (including phenoxy) is 4. The second-order valence-corrected chi connectivity index (χ2v) is 6.27. The highest BCUT2D eigenvalue weighted by molar-refractivity contribution is 5.63. The third-order valence-corrected chi connectivity index (χ3v) is 4.40. The Kier molecular flexibility index (Phi) is 2.78. The first-order valence-corrected chi connectivity index (χ1v) is 7.22. The Balaban J connectivity index is 1.49. The fraction of sp³-hybridized carbons (Fsp3) is 0.562. The number of benzene rings is 1. The Morgan fingerprint density at radius 2 is 1.95 bits per heavy atom. The Labute approximate surface area is 123 Å². The molecule has 1 aliphatic carbocycles. The van der Waals surface area contributed by atoms with Crippen molar-refractivity contribution < 1.29 is 23.7 Å². The summed E-state index contributed by atoms with van der Waals surface area (Å²) in [5, 5.41) is 0. The Bertz CT molecular complexity index is 557. The highest BCUT2D eigenvalue weighted by atomic mass is 16.9. The normalized spacial score (nSPS) is 42.4. The van der Waals surface area contributed by atoms with Gasteiger partial charge in [-0.05, 0) is 19.4 Å². The van der Waals surface area contributed by atoms with Gasteiger partial charge in [-0.25, -0.2) is 0 Å². The fourth-order valence-electron chi connectivity index (χ4n) is 3.43. The molecule has 0 aromatic heterocycles. The van der Waals surface area contributed by atoms with Crippen LogP contribution in [0.2, 0.25) is 0 Å². The van der Waals surface area contributed by atoms with Crippen LogP contribution in [0, 0.1) is 11.8 Å². The molecule has 3 fully saturated rings. The van der Waals surface area contributed by atoms with Crippen LogP contribution in [0.3, 0.4) is 0 Å². The van der Waals surface area contributed by atoms with E-state index in [-0.39, 0.29) is 17.9 Å². The molecule has 21 heavy (non-hydrogen) atoms. The zero-order valence-corrected chi connectivity index (χ0v) is 12.0. The van der Waals surface area contributed by atoms with Gasteiger partial charge in [0.1, 0.15) is 12.4 Å². The first-order chi connectivity index (χ1) is 10.1. The molecular formula is C16H18O5. The van der Waals surface area contributed by atoms with E-state index in [2.05, 4.69) is 0 Å². The molecule has 5 heteroatoms. The average Bonchev–Trinajstić information content (AvgIpc) is 2.83. The van der Waals surface area contributed by atoms with Gasteiger partial charge >= 0.3 is 0 Å². The molecule has 0 amide bonds. The van der Waals surface area contributed by atoms with Crippen molar-refractivity contribution in [2.24, 2.45) is 11.8 Å². The molecule has 0 N–H and O–H groups in total. The van der Waals surface area contributed by atoms with Crippen LogP contribution in [0.4, 0.5) is 0 Å². The van der Waals surface area contributed by atoms with Crippen molar-refractivity contribution in [1.29, 1.82) is 0 Å². The second-order valence-electron chi connectivity index (χ2n) is 6.27. The summed E-state index contributed by atoms with van der Waals surface area (Å²) in [6.07, 6.45) is 0.226. The molecule has 112 valence electrons. The number of fused-ring (bicyclic) bond motifs is 3. The van der Waals surface area contributed by atoms with Crippen LogP contribution >= 0.6 is 0 Å². The molecule has 2 heterocycles. The van der Waals surface area contributed by atoms with Crippen molar-refractivity contribution in [2.75, 3.05) is 0 Å². The van der Waals surface area contributed by atoms with Crippen molar-refractivity contribution in [3.63, 3.8) is 0 Å². The quantitative estimate of drug-likeness (QED) is 0.792. The van der Waals surface area contributed by atoms with Gasteiger partial charge in [-0.2, -0.15) is 0 Å². The van der Waals surface area contributed by atoms with E-state index < -0.39 is 17.9 Å². The van der Waals surface area contributed by atoms with Crippen LogP contribution in [0.1, 0.15) is 19.4 Å². The van der Waals surface area contributed by atoms with E-state index in [9.17, 15) is 4.79 Å². The van der Waals surface area contributed by atoms with E-state index in [1.807, 2.05) is 44.2 Å². The molecule has 0 radical (unpaired) electrons. The summed E-state index contributed by atoms with van der Waals surface area (Å²) >= 11 is 0. The van der Waals surface area contributed by atoms with Gasteiger partial charge in [0.25, 0.3) is 0 Å². The Morgan fingerprint density at radius 1 is 1.19 bits per heavy atom. The maximum absolute atomic E-state index is 11.3. The largest absolute Gasteiger partial charge is 0.344 e. The molecule has 3 unspecified atom stereocenters. The van der Waals surface area contributed by atoms with Crippen molar-refractivity contribution in [2.45, 2.75) is 44.4 Å². The summed E-state index contributed by atoms with van der Waals surface area (Å²) in [5.41, 5.74) is 1.05. The summed E-state index contributed by atoms with van der Waals surface area (Å²) in [6.45, 7) is 4.10. The molecule has 2 aliphatic heterocycles. The first kappa shape index (κ1) is 13.4. The lowest BCUT2D eigenvalue weighted by molar-refractivity contribution is -0.268. The standard InChI is InChI=1S/C16H18O5/c1-15(2)19-13-12-11(8-17)16(12,21-14(13)20-15)18-9-10-6-4-3-5-7-10/h3-8,11-14H,9H2,1-2H3/t11-,12?,13?,14+,16?/m1/s1. The van der Waals surface area contributed by atoms with Gasteiger partial charge < -0.3 is 23.7 Å². The summed E-state index contributed by atoms with van der Waals surface area (Å²) in [7, 11) is 0. The van der Waals surface area contributed by atoms with Gasteiger partial charge in [0.2, 0.25) is 0 Å². The highest BCUT2D eigenvalue weighted by Crippen LogP contribution is 2.64. The zero-order valence-electron chi connectivity index (χ0n) is 12.0. The van der Waals surface area contributed by atoms with Gasteiger partial charge in [0.15, 0.2) is 17.9 Å². The van der Waals surface area contributed by atoms with E-state index in [1.54, 1.807) is 0 Å². The molecule has 5 atom stereocenters. The van der Waals surface area contributed by atoms with Crippen LogP contribution in [0.5, 0.6) is 0 Å². The minimum absolute atomic E-state index is 0.0783. The second kappa shape index (κ2) is 4.36. The highest BCUT2D eigenvalue weighted by Gasteiger charge is 2.80. The number of aldehydes is 1. The van der Waals surface area contributed by atoms with Gasteiger partial charge in [-0.15, -0.1) is 0 Å². The molecule has 0 bridgehead atoms. The number of hydrogen-bond donors (Lipinski definition) is 0. The van der Waals surface area contributed by atoms with Gasteiger partial charge in [0.05, 0.1) is 18.4 Å². The summed E-state index contributed by atoms with van der Waals surface area (Å²) in [5.74, 6) is -1.90. The van der Waals surface area contributed by atoms with Crippen LogP contribution < -0.4 is 0 Å². The SMILES string of the molecule is CC1(C)OC2C3[C@@H](C=O)C3(OCc3ccccc3)O[C@@H]2O1. The van der Waals surface area contributed by atoms with Crippen LogP contribution in [0.25, 0.3) is 0 Å². The maximum atomic E-state index is 11.3. The van der Waals surface area contributed by atoms with E-state index in [0.717, 1.165) is 11.8 Å². The Hall–Kier alpha value is -1.27. The summed E-state index contributed by atoms with van der Waals surface area (Å²) in [4.78, 5) is 11.3. The predicted octanol–water partition coefficient (Wildman–Crippen LogP) is 1.85. The van der Waals surface area contributed by atoms with E-state index in [4.69, 9.17) is 18.9 Å². The lowest BCUT2D eigenvalue weighted by Crippen LogP contribution is -2.29. The zero-order chi connectivity index (χ0) is 14.7. The molecule has 3 aliphatic rings. The number of carbonyl (C=O) groups is 1. The topological polar surface area (TPSA) is 54.0 Å². The van der Waals surface area contributed by atoms with Gasteiger partial charge in [0, 0.05) is 0 Å². The van der Waals surface area contributed by atoms with Crippen molar-refractivity contribution >= 4 is 6.29 Å².